The lowest BCUT2D eigenvalue weighted by atomic mass is 9.56. The molecule has 0 radical (unpaired) electrons. The third-order valence-corrected chi connectivity index (χ3v) is 7.89. The van der Waals surface area contributed by atoms with E-state index in [1.165, 1.54) is 51.4 Å². The van der Waals surface area contributed by atoms with Crippen LogP contribution in [0.5, 0.6) is 0 Å². The highest BCUT2D eigenvalue weighted by Crippen LogP contribution is 2.92. The molecule has 6 fully saturated rings. The third kappa shape index (κ3) is 0.596. The highest BCUT2D eigenvalue weighted by atomic mass is 16.6. The van der Waals surface area contributed by atoms with Gasteiger partial charge in [-0.15, -0.1) is 0 Å². The molecule has 6 rings (SSSR count). The summed E-state index contributed by atoms with van der Waals surface area (Å²) in [5.74, 6) is 0. The minimum absolute atomic E-state index is 0.285. The van der Waals surface area contributed by atoms with Gasteiger partial charge in [0.15, 0.2) is 0 Å². The maximum absolute atomic E-state index is 6.14. The molecule has 92 valence electrons. The van der Waals surface area contributed by atoms with Crippen LogP contribution in [0.2, 0.25) is 0 Å². The normalized spacial score (nSPS) is 67.8. The first-order chi connectivity index (χ1) is 8.24. The van der Waals surface area contributed by atoms with Crippen LogP contribution in [0.4, 0.5) is 0 Å². The van der Waals surface area contributed by atoms with Gasteiger partial charge in [-0.1, -0.05) is 0 Å². The van der Waals surface area contributed by atoms with E-state index >= 15 is 0 Å². The molecule has 3 spiro atoms. The third-order valence-electron chi connectivity index (χ3n) is 7.89. The van der Waals surface area contributed by atoms with Gasteiger partial charge in [0.05, 0.1) is 13.2 Å². The van der Waals surface area contributed by atoms with E-state index in [0.29, 0.717) is 16.2 Å². The van der Waals surface area contributed by atoms with E-state index in [9.17, 15) is 0 Å². The molecule has 2 nitrogen and oxygen atoms in total. The molecule has 0 amide bonds. The molecule has 6 aliphatic rings. The second kappa shape index (κ2) is 2.02. The summed E-state index contributed by atoms with van der Waals surface area (Å²) in [4.78, 5) is 0. The van der Waals surface area contributed by atoms with Crippen molar-refractivity contribution in [2.24, 2.45) is 16.2 Å². The molecule has 0 aromatic carbocycles. The molecular formula is C15H20O2. The lowest BCUT2D eigenvalue weighted by molar-refractivity contribution is -0.0420. The van der Waals surface area contributed by atoms with Crippen molar-refractivity contribution in [1.82, 2.24) is 0 Å². The van der Waals surface area contributed by atoms with Crippen LogP contribution in [-0.2, 0) is 9.47 Å². The van der Waals surface area contributed by atoms with Crippen LogP contribution in [0.15, 0.2) is 0 Å². The quantitative estimate of drug-likeness (QED) is 0.600. The molecule has 2 heteroatoms. The SMILES string of the molecule is C1CC12CCC13CC[C@@]4(CO4)C21[C@]1(CC3)CO1. The molecule has 0 aromatic heterocycles. The van der Waals surface area contributed by atoms with E-state index in [4.69, 9.17) is 9.47 Å². The summed E-state index contributed by atoms with van der Waals surface area (Å²) in [6, 6.07) is 0. The van der Waals surface area contributed by atoms with Crippen LogP contribution in [0.3, 0.4) is 0 Å². The van der Waals surface area contributed by atoms with Gasteiger partial charge < -0.3 is 9.47 Å². The van der Waals surface area contributed by atoms with E-state index < -0.39 is 0 Å². The van der Waals surface area contributed by atoms with Crippen LogP contribution in [0.25, 0.3) is 0 Å². The van der Waals surface area contributed by atoms with Crippen molar-refractivity contribution in [3.05, 3.63) is 0 Å². The summed E-state index contributed by atoms with van der Waals surface area (Å²) in [6.07, 6.45) is 11.5. The van der Waals surface area contributed by atoms with Crippen LogP contribution in [0, 0.1) is 16.2 Å². The summed E-state index contributed by atoms with van der Waals surface area (Å²) in [5.41, 5.74) is 2.34. The Balaban J connectivity index is 1.72. The number of hydrogen-bond acceptors (Lipinski definition) is 2. The summed E-state index contributed by atoms with van der Waals surface area (Å²) < 4.78 is 12.3. The first kappa shape index (κ1) is 8.92. The Morgan fingerprint density at radius 1 is 0.529 bits per heavy atom. The largest absolute Gasteiger partial charge is 0.369 e. The van der Waals surface area contributed by atoms with Crippen LogP contribution in [-0.4, -0.2) is 24.4 Å². The number of epoxide rings is 2. The summed E-state index contributed by atoms with van der Waals surface area (Å²) >= 11 is 0. The number of rotatable bonds is 0. The minimum atomic E-state index is 0.285. The average Bonchev–Trinajstić information content (AvgIpc) is 3.18. The first-order valence-electron chi connectivity index (χ1n) is 7.52. The molecule has 4 aliphatic carbocycles. The molecule has 2 saturated heterocycles. The topological polar surface area (TPSA) is 25.1 Å². The van der Waals surface area contributed by atoms with Gasteiger partial charge >= 0.3 is 0 Å². The molecule has 2 heterocycles. The van der Waals surface area contributed by atoms with Gasteiger partial charge in [0.1, 0.15) is 11.2 Å². The second-order valence-corrected chi connectivity index (χ2v) is 7.88. The summed E-state index contributed by atoms with van der Waals surface area (Å²) in [5, 5.41) is 0. The van der Waals surface area contributed by atoms with E-state index in [2.05, 4.69) is 0 Å². The van der Waals surface area contributed by atoms with Crippen LogP contribution < -0.4 is 0 Å². The van der Waals surface area contributed by atoms with E-state index in [1.54, 1.807) is 0 Å². The molecule has 0 aromatic rings. The fourth-order valence-electron chi connectivity index (χ4n) is 7.44. The smallest absolute Gasteiger partial charge is 0.101 e. The number of ether oxygens (including phenoxy) is 2. The predicted molar refractivity (Wildman–Crippen MR) is 61.6 cm³/mol. The molecule has 4 atom stereocenters. The van der Waals surface area contributed by atoms with Gasteiger partial charge in [0.2, 0.25) is 0 Å². The maximum atomic E-state index is 6.14. The van der Waals surface area contributed by atoms with E-state index in [-0.39, 0.29) is 11.2 Å². The summed E-state index contributed by atoms with van der Waals surface area (Å²) in [6.45, 7) is 2.11. The van der Waals surface area contributed by atoms with Gasteiger partial charge in [-0.2, -0.15) is 0 Å². The minimum Gasteiger partial charge on any atom is -0.369 e. The van der Waals surface area contributed by atoms with E-state index in [0.717, 1.165) is 13.2 Å². The Hall–Kier alpha value is -0.0800. The molecule has 0 bridgehead atoms. The highest BCUT2D eigenvalue weighted by Gasteiger charge is 2.94. The zero-order chi connectivity index (χ0) is 11.0. The Labute approximate surface area is 102 Å². The van der Waals surface area contributed by atoms with Gasteiger partial charge in [0.25, 0.3) is 0 Å². The van der Waals surface area contributed by atoms with Crippen molar-refractivity contribution in [3.63, 3.8) is 0 Å². The lowest BCUT2D eigenvalue weighted by Crippen LogP contribution is -2.53. The zero-order valence-corrected chi connectivity index (χ0v) is 10.4. The Morgan fingerprint density at radius 2 is 0.882 bits per heavy atom. The maximum Gasteiger partial charge on any atom is 0.101 e. The van der Waals surface area contributed by atoms with Gasteiger partial charge in [-0.3, -0.25) is 0 Å². The molecule has 17 heavy (non-hydrogen) atoms. The van der Waals surface area contributed by atoms with Crippen molar-refractivity contribution in [2.75, 3.05) is 13.2 Å². The standard InChI is InChI=1S/C15H20O2/c1-2-11(1)3-4-12-5-7-13(9-16-13)15(11,12)14(8-6-12)10-17-14/h1-10H2/t12?,13-,14+,15?. The van der Waals surface area contributed by atoms with E-state index in [1.807, 2.05) is 0 Å². The van der Waals surface area contributed by atoms with Crippen molar-refractivity contribution in [2.45, 2.75) is 62.6 Å². The van der Waals surface area contributed by atoms with Gasteiger partial charge in [0, 0.05) is 5.41 Å². The van der Waals surface area contributed by atoms with Gasteiger partial charge in [-0.25, -0.2) is 0 Å². The Morgan fingerprint density at radius 3 is 1.24 bits per heavy atom. The Bertz CT molecular complexity index is 377. The zero-order valence-electron chi connectivity index (χ0n) is 10.4. The fourth-order valence-corrected chi connectivity index (χ4v) is 7.44. The summed E-state index contributed by atoms with van der Waals surface area (Å²) in [7, 11) is 0. The fraction of sp³-hybridized carbons (Fsp3) is 1.00. The average molecular weight is 232 g/mol. The number of hydrogen-bond donors (Lipinski definition) is 0. The first-order valence-corrected chi connectivity index (χ1v) is 7.52. The predicted octanol–water partition coefficient (Wildman–Crippen LogP) is 2.66. The van der Waals surface area contributed by atoms with Crippen molar-refractivity contribution in [3.8, 4) is 0 Å². The molecule has 4 saturated carbocycles. The van der Waals surface area contributed by atoms with Crippen molar-refractivity contribution < 1.29 is 9.47 Å². The second-order valence-electron chi connectivity index (χ2n) is 7.88. The van der Waals surface area contributed by atoms with Gasteiger partial charge in [-0.05, 0) is 62.2 Å². The molecule has 2 unspecified atom stereocenters. The molecular weight excluding hydrogens is 212 g/mol. The highest BCUT2D eigenvalue weighted by molar-refractivity contribution is 5.42. The molecule has 0 N–H and O–H groups in total. The lowest BCUT2D eigenvalue weighted by Gasteiger charge is -2.45. The van der Waals surface area contributed by atoms with Crippen LogP contribution >= 0.6 is 0 Å². The van der Waals surface area contributed by atoms with Crippen LogP contribution in [0.1, 0.15) is 51.4 Å². The molecule has 2 aliphatic heterocycles. The van der Waals surface area contributed by atoms with Crippen molar-refractivity contribution in [1.29, 1.82) is 0 Å². The van der Waals surface area contributed by atoms with Crippen molar-refractivity contribution >= 4 is 0 Å². The Kier molecular flexibility index (Phi) is 1.06. The monoisotopic (exact) mass is 232 g/mol.